The second-order valence-electron chi connectivity index (χ2n) is 7.54. The molecule has 0 aromatic carbocycles. The fraction of sp³-hybridized carbons (Fsp3) is 0.500. The zero-order valence-electron chi connectivity index (χ0n) is 17.5. The average Bonchev–Trinajstić information content (AvgIpc) is 3.04. The van der Waals surface area contributed by atoms with Gasteiger partial charge in [-0.25, -0.2) is 18.1 Å². The van der Waals surface area contributed by atoms with Crippen LogP contribution < -0.4 is 4.89 Å². The topological polar surface area (TPSA) is 110 Å². The van der Waals surface area contributed by atoms with Gasteiger partial charge in [0, 0.05) is 11.4 Å². The molecule has 2 heterocycles. The van der Waals surface area contributed by atoms with E-state index in [-0.39, 0.29) is 21.0 Å². The molecular weight excluding hydrogens is 455 g/mol. The van der Waals surface area contributed by atoms with Gasteiger partial charge in [0.05, 0.1) is 5.60 Å². The van der Waals surface area contributed by atoms with Crippen molar-refractivity contribution in [3.63, 3.8) is 0 Å². The second kappa shape index (κ2) is 9.15. The molecule has 2 aromatic heterocycles. The number of aromatic nitrogens is 3. The van der Waals surface area contributed by atoms with E-state index in [1.54, 1.807) is 33.8 Å². The van der Waals surface area contributed by atoms with E-state index < -0.39 is 33.1 Å². The first-order valence-electron chi connectivity index (χ1n) is 9.12. The number of hydrogen-bond acceptors (Lipinski definition) is 7. The van der Waals surface area contributed by atoms with E-state index in [1.165, 1.54) is 6.07 Å². The Kier molecular flexibility index (Phi) is 7.42. The van der Waals surface area contributed by atoms with Crippen LogP contribution in [0.5, 0.6) is 0 Å². The number of nitrogens with one attached hydrogen (secondary N) is 1. The van der Waals surface area contributed by atoms with Crippen LogP contribution in [0.25, 0.3) is 5.82 Å². The van der Waals surface area contributed by atoms with Crippen molar-refractivity contribution in [3.05, 3.63) is 29.6 Å². The minimum Gasteiger partial charge on any atom is -0.281 e. The van der Waals surface area contributed by atoms with Gasteiger partial charge >= 0.3 is 6.18 Å². The van der Waals surface area contributed by atoms with Gasteiger partial charge in [-0.3, -0.25) is 4.84 Å². The van der Waals surface area contributed by atoms with Crippen LogP contribution in [0.3, 0.4) is 0 Å². The van der Waals surface area contributed by atoms with Gasteiger partial charge in [-0.2, -0.15) is 23.5 Å². The van der Waals surface area contributed by atoms with Crippen molar-refractivity contribution in [3.8, 4) is 11.9 Å². The van der Waals surface area contributed by atoms with Crippen LogP contribution in [0.4, 0.5) is 13.2 Å². The Labute approximate surface area is 182 Å². The molecule has 1 atom stereocenters. The molecule has 0 spiro atoms. The highest BCUT2D eigenvalue weighted by Gasteiger charge is 2.40. The lowest BCUT2D eigenvalue weighted by atomic mass is 10.2. The summed E-state index contributed by atoms with van der Waals surface area (Å²) in [5, 5.41) is 12.8. The molecule has 0 fully saturated rings. The molecule has 2 aromatic rings. The van der Waals surface area contributed by atoms with Crippen LogP contribution in [0, 0.1) is 11.3 Å². The molecule has 8 nitrogen and oxygen atoms in total. The molecule has 170 valence electrons. The van der Waals surface area contributed by atoms with E-state index in [9.17, 15) is 26.9 Å². The maximum atomic E-state index is 13.4. The highest BCUT2D eigenvalue weighted by Crippen LogP contribution is 2.38. The molecule has 1 unspecified atom stereocenters. The Balaban J connectivity index is 2.51. The van der Waals surface area contributed by atoms with Gasteiger partial charge in [-0.05, 0) is 39.3 Å². The summed E-state index contributed by atoms with van der Waals surface area (Å²) >= 11 is 1.06. The van der Waals surface area contributed by atoms with Gasteiger partial charge in [-0.15, -0.1) is 11.8 Å². The Morgan fingerprint density at radius 2 is 1.97 bits per heavy atom. The largest absolute Gasteiger partial charge is 0.436 e. The molecule has 0 aliphatic rings. The first-order chi connectivity index (χ1) is 14.2. The lowest BCUT2D eigenvalue weighted by Crippen LogP contribution is -2.33. The zero-order valence-corrected chi connectivity index (χ0v) is 19.1. The molecule has 0 aliphatic carbocycles. The summed E-state index contributed by atoms with van der Waals surface area (Å²) in [6.45, 7) is 8.61. The Morgan fingerprint density at radius 3 is 2.42 bits per heavy atom. The van der Waals surface area contributed by atoms with Crippen molar-refractivity contribution in [2.24, 2.45) is 0 Å². The predicted octanol–water partition coefficient (Wildman–Crippen LogP) is 4.06. The molecule has 0 saturated heterocycles. The van der Waals surface area contributed by atoms with Gasteiger partial charge in [0.1, 0.15) is 21.6 Å². The minimum absolute atomic E-state index is 0.0125. The molecule has 0 radical (unpaired) electrons. The molecule has 1 N–H and O–H groups in total. The molecule has 0 amide bonds. The number of nitrogens with zero attached hydrogens (tertiary/aromatic N) is 4. The number of nitriles is 1. The number of sulfonamides is 1. The molecular formula is C18H22F3N5O3S2. The van der Waals surface area contributed by atoms with Crippen molar-refractivity contribution >= 4 is 21.8 Å². The fourth-order valence-corrected chi connectivity index (χ4v) is 4.06. The van der Waals surface area contributed by atoms with Gasteiger partial charge < -0.3 is 0 Å². The zero-order chi connectivity index (χ0) is 23.6. The summed E-state index contributed by atoms with van der Waals surface area (Å²) < 4.78 is 65.8. The van der Waals surface area contributed by atoms with Crippen LogP contribution >= 0.6 is 11.8 Å². The van der Waals surface area contributed by atoms with Crippen LogP contribution in [-0.2, 0) is 21.0 Å². The van der Waals surface area contributed by atoms with Gasteiger partial charge in [-0.1, -0.05) is 18.7 Å². The number of rotatable bonds is 7. The van der Waals surface area contributed by atoms with Crippen molar-refractivity contribution in [1.82, 2.24) is 19.6 Å². The lowest BCUT2D eigenvalue weighted by molar-refractivity contribution is -0.141. The number of alkyl halides is 3. The van der Waals surface area contributed by atoms with Crippen LogP contribution in [-0.4, -0.2) is 34.0 Å². The lowest BCUT2D eigenvalue weighted by Gasteiger charge is -2.19. The smallest absolute Gasteiger partial charge is 0.281 e. The molecule has 2 rings (SSSR count). The van der Waals surface area contributed by atoms with Gasteiger partial charge in [0.2, 0.25) is 0 Å². The molecule has 0 bridgehead atoms. The SMILES string of the molecule is CCC(C)Sc1c(C#N)c(C(F)(F)F)nn1-c1ccc(S(=O)(=O)NOC(C)(C)C)cn1. The van der Waals surface area contributed by atoms with E-state index in [1.807, 2.05) is 11.8 Å². The first-order valence-corrected chi connectivity index (χ1v) is 11.5. The van der Waals surface area contributed by atoms with Crippen molar-refractivity contribution in [2.45, 2.75) is 68.0 Å². The van der Waals surface area contributed by atoms with Crippen molar-refractivity contribution in [2.75, 3.05) is 0 Å². The molecule has 31 heavy (non-hydrogen) atoms. The van der Waals surface area contributed by atoms with Gasteiger partial charge in [0.15, 0.2) is 11.5 Å². The fourth-order valence-electron chi connectivity index (χ4n) is 2.12. The summed E-state index contributed by atoms with van der Waals surface area (Å²) in [6.07, 6.45) is -3.22. The van der Waals surface area contributed by atoms with Crippen LogP contribution in [0.1, 0.15) is 52.3 Å². The predicted molar refractivity (Wildman–Crippen MR) is 108 cm³/mol. The highest BCUT2D eigenvalue weighted by atomic mass is 32.2. The Hall–Kier alpha value is -2.14. The average molecular weight is 478 g/mol. The molecule has 13 heteroatoms. The number of thioether (sulfide) groups is 1. The van der Waals surface area contributed by atoms with E-state index in [2.05, 4.69) is 10.1 Å². The summed E-state index contributed by atoms with van der Waals surface area (Å²) in [5.41, 5.74) is -2.70. The third-order valence-corrected chi connectivity index (χ3v) is 6.32. The number of hydrogen-bond donors (Lipinski definition) is 1. The Morgan fingerprint density at radius 1 is 1.32 bits per heavy atom. The summed E-state index contributed by atoms with van der Waals surface area (Å²) in [6, 6.07) is 3.95. The Bertz CT molecular complexity index is 1070. The second-order valence-corrected chi connectivity index (χ2v) is 10.6. The minimum atomic E-state index is -4.83. The van der Waals surface area contributed by atoms with E-state index in [0.29, 0.717) is 6.42 Å². The third-order valence-electron chi connectivity index (χ3n) is 3.82. The van der Waals surface area contributed by atoms with Crippen molar-refractivity contribution < 1.29 is 26.4 Å². The highest BCUT2D eigenvalue weighted by molar-refractivity contribution is 7.99. The van der Waals surface area contributed by atoms with Crippen LogP contribution in [0.15, 0.2) is 28.3 Å². The monoisotopic (exact) mass is 477 g/mol. The van der Waals surface area contributed by atoms with E-state index >= 15 is 0 Å². The van der Waals surface area contributed by atoms with Crippen molar-refractivity contribution in [1.29, 1.82) is 5.26 Å². The molecule has 0 saturated carbocycles. The summed E-state index contributed by atoms with van der Waals surface area (Å²) in [4.78, 5) is 10.7. The normalized spacial score (nSPS) is 13.8. The first kappa shape index (κ1) is 25.1. The van der Waals surface area contributed by atoms with Gasteiger partial charge in [0.25, 0.3) is 10.0 Å². The molecule has 0 aliphatic heterocycles. The van der Waals surface area contributed by atoms with Crippen LogP contribution in [0.2, 0.25) is 0 Å². The standard InChI is InChI=1S/C18H22F3N5O3S2/c1-6-11(2)30-16-13(9-22)15(18(19,20)21)24-26(16)14-8-7-12(10-23-14)31(27,28)25-29-17(3,4)5/h7-8,10-11,25H,6H2,1-5H3. The summed E-state index contributed by atoms with van der Waals surface area (Å²) in [5.74, 6) is -0.0616. The number of pyridine rings is 1. The maximum absolute atomic E-state index is 13.4. The quantitative estimate of drug-likeness (QED) is 0.473. The van der Waals surface area contributed by atoms with E-state index in [4.69, 9.17) is 4.84 Å². The third kappa shape index (κ3) is 6.19. The summed E-state index contributed by atoms with van der Waals surface area (Å²) in [7, 11) is -4.06. The number of halogens is 3. The van der Waals surface area contributed by atoms with E-state index in [0.717, 1.165) is 28.7 Å². The maximum Gasteiger partial charge on any atom is 0.436 e.